The first kappa shape index (κ1) is 21.3. The molecule has 0 atom stereocenters. The van der Waals surface area contributed by atoms with Crippen molar-refractivity contribution in [2.24, 2.45) is 7.05 Å². The molecule has 0 unspecified atom stereocenters. The molecule has 1 aromatic heterocycles. The average Bonchev–Trinajstić information content (AvgIpc) is 2.70. The summed E-state index contributed by atoms with van der Waals surface area (Å²) in [6.45, 7) is 6.57. The van der Waals surface area contributed by atoms with E-state index >= 15 is 0 Å². The summed E-state index contributed by atoms with van der Waals surface area (Å²) in [5, 5.41) is 14.1. The zero-order chi connectivity index (χ0) is 21.9. The van der Waals surface area contributed by atoms with Crippen molar-refractivity contribution in [3.8, 4) is 0 Å². The van der Waals surface area contributed by atoms with Gasteiger partial charge in [0.1, 0.15) is 0 Å². The number of carbonyl (C=O) groups excluding carboxylic acids is 1. The number of carbonyl (C=O) groups is 1. The second-order valence-corrected chi connectivity index (χ2v) is 8.38. The van der Waals surface area contributed by atoms with E-state index in [1.807, 2.05) is 36.4 Å². The van der Waals surface area contributed by atoms with E-state index in [4.69, 9.17) is 0 Å². The fraction of sp³-hybridized carbons (Fsp3) is 0.250. The summed E-state index contributed by atoms with van der Waals surface area (Å²) in [6, 6.07) is 18.5. The summed E-state index contributed by atoms with van der Waals surface area (Å²) in [5.74, 6) is -0.617. The topological polar surface area (TPSA) is 74.6 Å². The summed E-state index contributed by atoms with van der Waals surface area (Å²) in [7, 11) is 1.60. The molecule has 0 bridgehead atoms. The monoisotopic (exact) mass is 405 g/mol. The lowest BCUT2D eigenvalue weighted by Crippen LogP contribution is -2.28. The number of nitrogens with zero attached hydrogens (tertiary/aromatic N) is 2. The van der Waals surface area contributed by atoms with E-state index in [0.717, 1.165) is 16.9 Å². The Morgan fingerprint density at radius 3 is 2.10 bits per heavy atom. The maximum Gasteiger partial charge on any atom is 0.277 e. The van der Waals surface area contributed by atoms with Crippen molar-refractivity contribution in [2.45, 2.75) is 32.7 Å². The van der Waals surface area contributed by atoms with Crippen molar-refractivity contribution in [2.75, 3.05) is 5.32 Å². The van der Waals surface area contributed by atoms with Gasteiger partial charge in [0.15, 0.2) is 0 Å². The van der Waals surface area contributed by atoms with E-state index < -0.39 is 5.91 Å². The Balaban J connectivity index is 1.63. The molecular weight excluding hydrogens is 378 g/mol. The minimum absolute atomic E-state index is 0.0224. The van der Waals surface area contributed by atoms with Crippen molar-refractivity contribution >= 4 is 17.3 Å². The number of rotatable bonds is 5. The number of aryl methyl sites for hydroxylation is 1. The Hall–Kier alpha value is -3.38. The summed E-state index contributed by atoms with van der Waals surface area (Å²) in [6.07, 6.45) is 1.50. The molecule has 0 saturated carbocycles. The van der Waals surface area contributed by atoms with E-state index in [0.29, 0.717) is 5.06 Å². The number of amides is 1. The Labute approximate surface area is 176 Å². The number of hydroxylamine groups is 2. The molecule has 6 nitrogen and oxygen atoms in total. The van der Waals surface area contributed by atoms with E-state index in [1.165, 1.54) is 28.5 Å². The zero-order valence-corrected chi connectivity index (χ0v) is 17.7. The Morgan fingerprint density at radius 2 is 1.57 bits per heavy atom. The van der Waals surface area contributed by atoms with E-state index in [2.05, 4.69) is 38.2 Å². The van der Waals surface area contributed by atoms with Gasteiger partial charge in [0.2, 0.25) is 0 Å². The number of pyridine rings is 1. The third kappa shape index (κ3) is 5.15. The van der Waals surface area contributed by atoms with Crippen molar-refractivity contribution in [1.82, 2.24) is 9.63 Å². The van der Waals surface area contributed by atoms with Crippen LogP contribution >= 0.6 is 0 Å². The van der Waals surface area contributed by atoms with Gasteiger partial charge in [-0.05, 0) is 46.9 Å². The lowest BCUT2D eigenvalue weighted by atomic mass is 9.87. The third-order valence-electron chi connectivity index (χ3n) is 4.91. The number of nitrogens with one attached hydrogen (secondary N) is 1. The molecule has 3 rings (SSSR count). The van der Waals surface area contributed by atoms with Crippen LogP contribution in [0, 0.1) is 0 Å². The molecule has 6 heteroatoms. The molecular formula is C24H27N3O3. The van der Waals surface area contributed by atoms with Crippen molar-refractivity contribution < 1.29 is 10.0 Å². The summed E-state index contributed by atoms with van der Waals surface area (Å²) in [5.41, 5.74) is 3.89. The first-order chi connectivity index (χ1) is 14.1. The summed E-state index contributed by atoms with van der Waals surface area (Å²) >= 11 is 0. The Kier molecular flexibility index (Phi) is 6.08. The van der Waals surface area contributed by atoms with Gasteiger partial charge in [0.25, 0.3) is 11.5 Å². The molecule has 0 spiro atoms. The van der Waals surface area contributed by atoms with Gasteiger partial charge in [0, 0.05) is 36.2 Å². The standard InChI is InChI=1S/C24H27N3O3/c1-24(2,3)19-7-11-21(12-8-19)25-20-9-5-17(6-10-20)16-27(30)23(29)18-13-14-26(4)22(28)15-18/h5-15,25,30H,16H2,1-4H3. The van der Waals surface area contributed by atoms with Gasteiger partial charge in [-0.2, -0.15) is 0 Å². The maximum absolute atomic E-state index is 12.3. The van der Waals surface area contributed by atoms with Crippen LogP contribution in [-0.4, -0.2) is 20.7 Å². The van der Waals surface area contributed by atoms with Gasteiger partial charge >= 0.3 is 0 Å². The largest absolute Gasteiger partial charge is 0.356 e. The van der Waals surface area contributed by atoms with Crippen molar-refractivity contribution in [3.05, 3.63) is 93.9 Å². The first-order valence-electron chi connectivity index (χ1n) is 9.77. The number of hydrogen-bond acceptors (Lipinski definition) is 4. The summed E-state index contributed by atoms with van der Waals surface area (Å²) in [4.78, 5) is 24.0. The molecule has 2 N–H and O–H groups in total. The van der Waals surface area contributed by atoms with E-state index in [1.54, 1.807) is 7.05 Å². The van der Waals surface area contributed by atoms with Crippen LogP contribution in [0.5, 0.6) is 0 Å². The molecule has 2 aromatic carbocycles. The van der Waals surface area contributed by atoms with Crippen LogP contribution in [0.3, 0.4) is 0 Å². The predicted molar refractivity (Wildman–Crippen MR) is 118 cm³/mol. The Bertz CT molecular complexity index is 1080. The van der Waals surface area contributed by atoms with Crippen LogP contribution in [0.1, 0.15) is 42.3 Å². The molecule has 0 saturated heterocycles. The third-order valence-corrected chi connectivity index (χ3v) is 4.91. The average molecular weight is 405 g/mol. The minimum atomic E-state index is -0.617. The summed E-state index contributed by atoms with van der Waals surface area (Å²) < 4.78 is 1.36. The van der Waals surface area contributed by atoms with Crippen LogP contribution in [0.15, 0.2) is 71.7 Å². The first-order valence-corrected chi connectivity index (χ1v) is 9.77. The van der Waals surface area contributed by atoms with Crippen LogP contribution in [0.25, 0.3) is 0 Å². The highest BCUT2D eigenvalue weighted by Crippen LogP contribution is 2.25. The molecule has 0 radical (unpaired) electrons. The quantitative estimate of drug-likeness (QED) is 0.486. The lowest BCUT2D eigenvalue weighted by Gasteiger charge is -2.19. The van der Waals surface area contributed by atoms with Gasteiger partial charge < -0.3 is 9.88 Å². The highest BCUT2D eigenvalue weighted by molar-refractivity contribution is 5.93. The van der Waals surface area contributed by atoms with Gasteiger partial charge in [0.05, 0.1) is 6.54 Å². The molecule has 1 amide bonds. The predicted octanol–water partition coefficient (Wildman–Crippen LogP) is 4.46. The molecule has 30 heavy (non-hydrogen) atoms. The normalized spacial score (nSPS) is 11.2. The minimum Gasteiger partial charge on any atom is -0.356 e. The Morgan fingerprint density at radius 1 is 1.00 bits per heavy atom. The van der Waals surface area contributed by atoms with Crippen molar-refractivity contribution in [3.63, 3.8) is 0 Å². The number of anilines is 2. The second kappa shape index (κ2) is 8.55. The van der Waals surface area contributed by atoms with Gasteiger partial charge in [-0.15, -0.1) is 0 Å². The molecule has 156 valence electrons. The smallest absolute Gasteiger partial charge is 0.277 e. The van der Waals surface area contributed by atoms with Gasteiger partial charge in [-0.25, -0.2) is 5.06 Å². The van der Waals surface area contributed by atoms with Crippen LogP contribution in [0.4, 0.5) is 11.4 Å². The highest BCUT2D eigenvalue weighted by atomic mass is 16.5. The lowest BCUT2D eigenvalue weighted by molar-refractivity contribution is -0.0648. The zero-order valence-electron chi connectivity index (χ0n) is 17.7. The fourth-order valence-corrected chi connectivity index (χ4v) is 2.99. The molecule has 1 heterocycles. The molecule has 0 aliphatic carbocycles. The molecule has 0 aliphatic heterocycles. The second-order valence-electron chi connectivity index (χ2n) is 8.38. The van der Waals surface area contributed by atoms with E-state index in [9.17, 15) is 14.8 Å². The fourth-order valence-electron chi connectivity index (χ4n) is 2.99. The molecule has 0 aliphatic rings. The number of hydrogen-bond donors (Lipinski definition) is 2. The molecule has 3 aromatic rings. The molecule has 0 fully saturated rings. The maximum atomic E-state index is 12.3. The van der Waals surface area contributed by atoms with Gasteiger partial charge in [-0.1, -0.05) is 45.0 Å². The van der Waals surface area contributed by atoms with Gasteiger partial charge in [-0.3, -0.25) is 14.8 Å². The van der Waals surface area contributed by atoms with Crippen LogP contribution < -0.4 is 10.9 Å². The van der Waals surface area contributed by atoms with Crippen LogP contribution in [0.2, 0.25) is 0 Å². The highest BCUT2D eigenvalue weighted by Gasteiger charge is 2.15. The van der Waals surface area contributed by atoms with Crippen molar-refractivity contribution in [1.29, 1.82) is 0 Å². The SMILES string of the molecule is Cn1ccc(C(=O)N(O)Cc2ccc(Nc3ccc(C(C)(C)C)cc3)cc2)cc1=O. The van der Waals surface area contributed by atoms with Crippen LogP contribution in [-0.2, 0) is 19.0 Å². The number of aromatic nitrogens is 1. The van der Waals surface area contributed by atoms with E-state index in [-0.39, 0.29) is 23.1 Å². The number of benzene rings is 2.